The highest BCUT2D eigenvalue weighted by Gasteiger charge is 2.51. The number of hydrogen-bond donors (Lipinski definition) is 2. The molecule has 2 N–H and O–H groups in total. The van der Waals surface area contributed by atoms with Crippen LogP contribution in [0.15, 0.2) is 72.8 Å². The van der Waals surface area contributed by atoms with Crippen LogP contribution in [0, 0.1) is 0 Å². The Bertz CT molecular complexity index is 1250. The highest BCUT2D eigenvalue weighted by atomic mass is 16.2. The Balaban J connectivity index is 1.42. The Morgan fingerprint density at radius 1 is 0.971 bits per heavy atom. The van der Waals surface area contributed by atoms with Gasteiger partial charge in [-0.2, -0.15) is 0 Å². The van der Waals surface area contributed by atoms with Crippen molar-refractivity contribution >= 4 is 40.2 Å². The summed E-state index contributed by atoms with van der Waals surface area (Å²) in [5.41, 5.74) is 0.102. The summed E-state index contributed by atoms with van der Waals surface area (Å²) >= 11 is 0. The van der Waals surface area contributed by atoms with Gasteiger partial charge in [0.25, 0.3) is 5.91 Å². The van der Waals surface area contributed by atoms with Gasteiger partial charge in [-0.1, -0.05) is 73.7 Å². The molecule has 1 aliphatic rings. The molecule has 4 rings (SSSR count). The van der Waals surface area contributed by atoms with E-state index in [1.807, 2.05) is 42.5 Å². The normalized spacial score (nSPS) is 17.5. The fourth-order valence-corrected chi connectivity index (χ4v) is 4.22. The van der Waals surface area contributed by atoms with Gasteiger partial charge in [-0.3, -0.25) is 19.3 Å². The van der Waals surface area contributed by atoms with E-state index in [9.17, 15) is 19.2 Å². The molecule has 1 aliphatic heterocycles. The van der Waals surface area contributed by atoms with E-state index >= 15 is 0 Å². The highest BCUT2D eigenvalue weighted by Crippen LogP contribution is 2.32. The molecule has 8 nitrogen and oxygen atoms in total. The van der Waals surface area contributed by atoms with Crippen molar-refractivity contribution in [2.75, 3.05) is 25.5 Å². The first kappa shape index (κ1) is 23.0. The molecule has 174 valence electrons. The van der Waals surface area contributed by atoms with Crippen LogP contribution in [0.1, 0.15) is 18.9 Å². The van der Waals surface area contributed by atoms with Crippen molar-refractivity contribution < 1.29 is 19.2 Å². The van der Waals surface area contributed by atoms with E-state index in [1.165, 1.54) is 11.9 Å². The number of nitrogens with one attached hydrogen (secondary N) is 2. The maximum atomic E-state index is 13.2. The average molecular weight is 459 g/mol. The summed E-state index contributed by atoms with van der Waals surface area (Å²) < 4.78 is 0. The van der Waals surface area contributed by atoms with Crippen LogP contribution in [0.4, 0.5) is 10.5 Å². The smallest absolute Gasteiger partial charge is 0.325 e. The molecule has 0 radical (unpaired) electrons. The minimum Gasteiger partial charge on any atom is -0.335 e. The Morgan fingerprint density at radius 2 is 1.65 bits per heavy atom. The van der Waals surface area contributed by atoms with Gasteiger partial charge in [-0.25, -0.2) is 4.79 Å². The molecule has 0 bridgehead atoms. The number of hydrogen-bond acceptors (Lipinski definition) is 4. The number of amides is 5. The number of likely N-dealkylation sites (N-methyl/N-ethyl adjacent to an activating group) is 1. The third kappa shape index (κ3) is 4.22. The SMILES string of the molecule is CCC1(c2ccccc2)NC(=O)N(CC(=O)N(C)CC(=O)Nc2cccc3ccccc23)C1=O. The molecule has 1 heterocycles. The van der Waals surface area contributed by atoms with Crippen LogP contribution in [0.25, 0.3) is 10.8 Å². The molecule has 34 heavy (non-hydrogen) atoms. The quantitative estimate of drug-likeness (QED) is 0.532. The minimum absolute atomic E-state index is 0.219. The van der Waals surface area contributed by atoms with Crippen LogP contribution in [-0.2, 0) is 19.9 Å². The second kappa shape index (κ2) is 9.35. The molecule has 0 spiro atoms. The molecule has 0 aliphatic carbocycles. The average Bonchev–Trinajstić information content (AvgIpc) is 3.09. The van der Waals surface area contributed by atoms with Crippen molar-refractivity contribution in [1.29, 1.82) is 0 Å². The third-order valence-electron chi connectivity index (χ3n) is 6.14. The number of rotatable bonds is 7. The molecule has 0 saturated carbocycles. The number of nitrogens with zero attached hydrogens (tertiary/aromatic N) is 2. The van der Waals surface area contributed by atoms with Crippen LogP contribution < -0.4 is 10.6 Å². The molecule has 1 fully saturated rings. The van der Waals surface area contributed by atoms with Gasteiger partial charge in [0.15, 0.2) is 0 Å². The van der Waals surface area contributed by atoms with Gasteiger partial charge in [0.2, 0.25) is 11.8 Å². The van der Waals surface area contributed by atoms with Crippen molar-refractivity contribution in [3.05, 3.63) is 78.4 Å². The third-order valence-corrected chi connectivity index (χ3v) is 6.14. The Kier molecular flexibility index (Phi) is 6.32. The number of fused-ring (bicyclic) bond motifs is 1. The van der Waals surface area contributed by atoms with E-state index < -0.39 is 29.9 Å². The van der Waals surface area contributed by atoms with Crippen LogP contribution in [0.2, 0.25) is 0 Å². The Hall–Kier alpha value is -4.20. The number of urea groups is 1. The van der Waals surface area contributed by atoms with Gasteiger partial charge in [0, 0.05) is 18.1 Å². The molecule has 1 atom stereocenters. The molecule has 3 aromatic carbocycles. The number of benzene rings is 3. The lowest BCUT2D eigenvalue weighted by Crippen LogP contribution is -2.46. The largest absolute Gasteiger partial charge is 0.335 e. The second-order valence-corrected chi connectivity index (χ2v) is 8.27. The standard InChI is InChI=1S/C26H26N4O4/c1-3-26(19-12-5-4-6-13-19)24(33)30(25(34)28-26)17-23(32)29(2)16-22(31)27-21-15-9-11-18-10-7-8-14-20(18)21/h4-15H,3,16-17H2,1-2H3,(H,27,31)(H,28,34). The fraction of sp³-hybridized carbons (Fsp3) is 0.231. The van der Waals surface area contributed by atoms with Crippen LogP contribution in [0.5, 0.6) is 0 Å². The van der Waals surface area contributed by atoms with Gasteiger partial charge in [-0.05, 0) is 23.4 Å². The second-order valence-electron chi connectivity index (χ2n) is 8.27. The summed E-state index contributed by atoms with van der Waals surface area (Å²) in [4.78, 5) is 53.4. The van der Waals surface area contributed by atoms with Crippen molar-refractivity contribution in [2.45, 2.75) is 18.9 Å². The zero-order chi connectivity index (χ0) is 24.3. The van der Waals surface area contributed by atoms with Crippen molar-refractivity contribution in [2.24, 2.45) is 0 Å². The number of anilines is 1. The maximum absolute atomic E-state index is 13.2. The van der Waals surface area contributed by atoms with Crippen molar-refractivity contribution in [1.82, 2.24) is 15.1 Å². The molecule has 3 aromatic rings. The summed E-state index contributed by atoms with van der Waals surface area (Å²) in [5, 5.41) is 7.47. The molecule has 1 saturated heterocycles. The van der Waals surface area contributed by atoms with E-state index in [1.54, 1.807) is 37.3 Å². The Labute approximate surface area is 197 Å². The monoisotopic (exact) mass is 458 g/mol. The summed E-state index contributed by atoms with van der Waals surface area (Å²) in [6.07, 6.45) is 0.343. The minimum atomic E-state index is -1.21. The van der Waals surface area contributed by atoms with E-state index in [0.29, 0.717) is 17.7 Å². The van der Waals surface area contributed by atoms with Crippen LogP contribution in [-0.4, -0.2) is 53.7 Å². The molecule has 0 aromatic heterocycles. The maximum Gasteiger partial charge on any atom is 0.325 e. The molecule has 8 heteroatoms. The summed E-state index contributed by atoms with van der Waals surface area (Å²) in [7, 11) is 1.47. The summed E-state index contributed by atoms with van der Waals surface area (Å²) in [6.45, 7) is 1.14. The highest BCUT2D eigenvalue weighted by molar-refractivity contribution is 6.09. The zero-order valence-corrected chi connectivity index (χ0v) is 19.1. The van der Waals surface area contributed by atoms with Gasteiger partial charge < -0.3 is 15.5 Å². The van der Waals surface area contributed by atoms with Crippen molar-refractivity contribution in [3.8, 4) is 0 Å². The van der Waals surface area contributed by atoms with Gasteiger partial charge >= 0.3 is 6.03 Å². The summed E-state index contributed by atoms with van der Waals surface area (Å²) in [6, 6.07) is 21.6. The molecular formula is C26H26N4O4. The lowest BCUT2D eigenvalue weighted by atomic mass is 9.87. The number of carbonyl (C=O) groups is 4. The van der Waals surface area contributed by atoms with E-state index in [0.717, 1.165) is 15.7 Å². The predicted molar refractivity (Wildman–Crippen MR) is 129 cm³/mol. The van der Waals surface area contributed by atoms with Crippen LogP contribution in [0.3, 0.4) is 0 Å². The molecule has 1 unspecified atom stereocenters. The fourth-order valence-electron chi connectivity index (χ4n) is 4.22. The first-order chi connectivity index (χ1) is 16.4. The van der Waals surface area contributed by atoms with E-state index in [2.05, 4.69) is 10.6 Å². The van der Waals surface area contributed by atoms with Crippen molar-refractivity contribution in [3.63, 3.8) is 0 Å². The van der Waals surface area contributed by atoms with Crippen LogP contribution >= 0.6 is 0 Å². The number of carbonyl (C=O) groups excluding carboxylic acids is 4. The number of imide groups is 1. The lowest BCUT2D eigenvalue weighted by Gasteiger charge is -2.26. The zero-order valence-electron chi connectivity index (χ0n) is 19.1. The predicted octanol–water partition coefficient (Wildman–Crippen LogP) is 3.09. The van der Waals surface area contributed by atoms with E-state index in [4.69, 9.17) is 0 Å². The molecule has 5 amide bonds. The van der Waals surface area contributed by atoms with E-state index in [-0.39, 0.29) is 12.5 Å². The van der Waals surface area contributed by atoms with Gasteiger partial charge in [0.1, 0.15) is 12.1 Å². The first-order valence-electron chi connectivity index (χ1n) is 11.1. The lowest BCUT2D eigenvalue weighted by molar-refractivity contribution is -0.139. The topological polar surface area (TPSA) is 98.8 Å². The Morgan fingerprint density at radius 3 is 2.38 bits per heavy atom. The first-order valence-corrected chi connectivity index (χ1v) is 11.1. The van der Waals surface area contributed by atoms with Gasteiger partial charge in [0.05, 0.1) is 6.54 Å². The molecular weight excluding hydrogens is 432 g/mol. The van der Waals surface area contributed by atoms with Gasteiger partial charge in [-0.15, -0.1) is 0 Å². The summed E-state index contributed by atoms with van der Waals surface area (Å²) in [5.74, 6) is -1.37.